The van der Waals surface area contributed by atoms with E-state index in [9.17, 15) is 23.6 Å². The number of nitrogens with zero attached hydrogens (tertiary/aromatic N) is 1. The molecule has 148 valence electrons. The molecule has 2 heterocycles. The topological polar surface area (TPSA) is 117 Å². The third kappa shape index (κ3) is 3.01. The van der Waals surface area contributed by atoms with E-state index in [1.54, 1.807) is 30.3 Å². The van der Waals surface area contributed by atoms with Crippen LogP contribution in [0.25, 0.3) is 0 Å². The average Bonchev–Trinajstić information content (AvgIpc) is 3.11. The van der Waals surface area contributed by atoms with Gasteiger partial charge in [-0.05, 0) is 5.56 Å². The summed E-state index contributed by atoms with van der Waals surface area (Å²) in [7, 11) is 2.21. The van der Waals surface area contributed by atoms with Crippen LogP contribution >= 0.6 is 0 Å². The SMILES string of the molecule is COC(=O)C1(C(=O)OC)C[C@H](n2cc(F)c(=O)[nH]c2=O)O[C@@H]1c1ccccc1. The van der Waals surface area contributed by atoms with Crippen LogP contribution < -0.4 is 11.2 Å². The van der Waals surface area contributed by atoms with E-state index in [1.807, 2.05) is 4.98 Å². The van der Waals surface area contributed by atoms with Crippen LogP contribution in [0.4, 0.5) is 4.39 Å². The number of hydrogen-bond acceptors (Lipinski definition) is 7. The number of H-pyrrole nitrogens is 1. The van der Waals surface area contributed by atoms with Crippen LogP contribution in [-0.2, 0) is 23.8 Å². The van der Waals surface area contributed by atoms with Gasteiger partial charge < -0.3 is 14.2 Å². The monoisotopic (exact) mass is 392 g/mol. The Bertz CT molecular complexity index is 999. The highest BCUT2D eigenvalue weighted by Crippen LogP contribution is 2.53. The Labute approximate surface area is 157 Å². The van der Waals surface area contributed by atoms with Crippen molar-refractivity contribution in [2.75, 3.05) is 14.2 Å². The summed E-state index contributed by atoms with van der Waals surface area (Å²) >= 11 is 0. The normalized spacial score (nSPS) is 20.5. The standard InChI is InChI=1S/C18H17FN2O7/c1-26-15(23)18(16(24)27-2)8-12(21-9-11(19)14(22)20-17(21)25)28-13(18)10-6-4-3-5-7-10/h3-7,9,12-13H,8H2,1-2H3,(H,20,22,25)/t12-,13-/m1/s1. The third-order valence-corrected chi connectivity index (χ3v) is 4.67. The van der Waals surface area contributed by atoms with E-state index < -0.39 is 46.8 Å². The minimum atomic E-state index is -1.93. The summed E-state index contributed by atoms with van der Waals surface area (Å²) in [4.78, 5) is 50.6. The van der Waals surface area contributed by atoms with Gasteiger partial charge in [-0.2, -0.15) is 4.39 Å². The number of carbonyl (C=O) groups is 2. The molecule has 1 N–H and O–H groups in total. The van der Waals surface area contributed by atoms with Crippen LogP contribution in [0.5, 0.6) is 0 Å². The van der Waals surface area contributed by atoms with Crippen LogP contribution in [0.2, 0.25) is 0 Å². The number of benzene rings is 1. The van der Waals surface area contributed by atoms with Gasteiger partial charge >= 0.3 is 17.6 Å². The van der Waals surface area contributed by atoms with Gasteiger partial charge in [0.1, 0.15) is 12.3 Å². The minimum absolute atomic E-state index is 0.364. The van der Waals surface area contributed by atoms with E-state index in [0.29, 0.717) is 11.8 Å². The molecule has 1 aromatic heterocycles. The van der Waals surface area contributed by atoms with E-state index in [2.05, 4.69) is 0 Å². The van der Waals surface area contributed by atoms with Crippen molar-refractivity contribution >= 4 is 11.9 Å². The Balaban J connectivity index is 2.18. The molecule has 2 aromatic rings. The number of ether oxygens (including phenoxy) is 3. The highest BCUT2D eigenvalue weighted by Gasteiger charge is 2.62. The Morgan fingerprint density at radius 1 is 1.18 bits per heavy atom. The number of rotatable bonds is 4. The molecule has 0 bridgehead atoms. The molecule has 0 unspecified atom stereocenters. The highest BCUT2D eigenvalue weighted by atomic mass is 19.1. The molecule has 1 aliphatic heterocycles. The van der Waals surface area contributed by atoms with Crippen molar-refractivity contribution in [3.63, 3.8) is 0 Å². The number of halogens is 1. The van der Waals surface area contributed by atoms with Gasteiger partial charge in [0.15, 0.2) is 5.41 Å². The summed E-state index contributed by atoms with van der Waals surface area (Å²) in [6.07, 6.45) is -2.10. The lowest BCUT2D eigenvalue weighted by Gasteiger charge is -2.28. The van der Waals surface area contributed by atoms with Crippen LogP contribution in [0, 0.1) is 11.2 Å². The summed E-state index contributed by atoms with van der Waals surface area (Å²) in [5, 5.41) is 0. The molecular formula is C18H17FN2O7. The number of esters is 2. The number of methoxy groups -OCH3 is 2. The van der Waals surface area contributed by atoms with E-state index in [1.165, 1.54) is 0 Å². The number of aromatic nitrogens is 2. The first-order valence-corrected chi connectivity index (χ1v) is 8.23. The van der Waals surface area contributed by atoms with Crippen molar-refractivity contribution in [2.45, 2.75) is 18.8 Å². The van der Waals surface area contributed by atoms with Gasteiger partial charge in [0.05, 0.1) is 20.4 Å². The molecule has 0 amide bonds. The molecule has 28 heavy (non-hydrogen) atoms. The molecule has 1 saturated heterocycles. The molecule has 3 rings (SSSR count). The Morgan fingerprint density at radius 2 is 1.79 bits per heavy atom. The van der Waals surface area contributed by atoms with Crippen LogP contribution in [0.1, 0.15) is 24.3 Å². The molecule has 1 aliphatic rings. The van der Waals surface area contributed by atoms with Crippen molar-refractivity contribution < 1.29 is 28.2 Å². The van der Waals surface area contributed by atoms with Gasteiger partial charge in [-0.25, -0.2) is 4.79 Å². The van der Waals surface area contributed by atoms with E-state index >= 15 is 0 Å². The van der Waals surface area contributed by atoms with Crippen LogP contribution in [0.3, 0.4) is 0 Å². The molecule has 2 atom stereocenters. The van der Waals surface area contributed by atoms with Crippen LogP contribution in [0.15, 0.2) is 46.1 Å². The third-order valence-electron chi connectivity index (χ3n) is 4.67. The maximum absolute atomic E-state index is 13.7. The van der Waals surface area contributed by atoms with Crippen LogP contribution in [-0.4, -0.2) is 35.7 Å². The molecule has 0 saturated carbocycles. The van der Waals surface area contributed by atoms with Gasteiger partial charge in [0.2, 0.25) is 5.82 Å². The van der Waals surface area contributed by atoms with E-state index in [0.717, 1.165) is 18.8 Å². The molecule has 1 aromatic carbocycles. The molecule has 0 radical (unpaired) electrons. The summed E-state index contributed by atoms with van der Waals surface area (Å²) in [5.74, 6) is -3.06. The summed E-state index contributed by atoms with van der Waals surface area (Å²) in [6.45, 7) is 0. The maximum Gasteiger partial charge on any atom is 0.330 e. The fourth-order valence-corrected chi connectivity index (χ4v) is 3.36. The van der Waals surface area contributed by atoms with Crippen molar-refractivity contribution in [3.05, 3.63) is 68.7 Å². The van der Waals surface area contributed by atoms with E-state index in [4.69, 9.17) is 14.2 Å². The lowest BCUT2D eigenvalue weighted by atomic mass is 9.77. The second kappa shape index (κ2) is 7.39. The van der Waals surface area contributed by atoms with Gasteiger partial charge in [-0.1, -0.05) is 30.3 Å². The Hall–Kier alpha value is -3.27. The number of nitrogens with one attached hydrogen (secondary N) is 1. The smallest absolute Gasteiger partial charge is 0.330 e. The first kappa shape index (κ1) is 19.5. The minimum Gasteiger partial charge on any atom is -0.468 e. The van der Waals surface area contributed by atoms with Gasteiger partial charge in [-0.15, -0.1) is 0 Å². The maximum atomic E-state index is 13.7. The first-order valence-electron chi connectivity index (χ1n) is 8.23. The quantitative estimate of drug-likeness (QED) is 0.600. The largest absolute Gasteiger partial charge is 0.468 e. The van der Waals surface area contributed by atoms with Gasteiger partial charge in [-0.3, -0.25) is 23.9 Å². The van der Waals surface area contributed by atoms with Crippen molar-refractivity contribution in [2.24, 2.45) is 5.41 Å². The molecule has 1 fully saturated rings. The fraction of sp³-hybridized carbons (Fsp3) is 0.333. The zero-order valence-corrected chi connectivity index (χ0v) is 15.0. The second-order valence-corrected chi connectivity index (χ2v) is 6.18. The summed E-state index contributed by atoms with van der Waals surface area (Å²) in [6, 6.07) is 8.35. The first-order chi connectivity index (χ1) is 13.3. The zero-order valence-electron chi connectivity index (χ0n) is 15.0. The van der Waals surface area contributed by atoms with E-state index in [-0.39, 0.29) is 6.42 Å². The summed E-state index contributed by atoms with van der Waals surface area (Å²) in [5.41, 5.74) is -3.61. The second-order valence-electron chi connectivity index (χ2n) is 6.18. The van der Waals surface area contributed by atoms with Gasteiger partial charge in [0.25, 0.3) is 5.56 Å². The predicted molar refractivity (Wildman–Crippen MR) is 91.7 cm³/mol. The molecule has 9 nitrogen and oxygen atoms in total. The highest BCUT2D eigenvalue weighted by molar-refractivity contribution is 6.01. The zero-order chi connectivity index (χ0) is 20.5. The number of aromatic amines is 1. The summed E-state index contributed by atoms with van der Waals surface area (Å²) < 4.78 is 30.0. The number of carbonyl (C=O) groups excluding carboxylic acids is 2. The molecule has 0 spiro atoms. The average molecular weight is 392 g/mol. The molecule has 0 aliphatic carbocycles. The van der Waals surface area contributed by atoms with Crippen molar-refractivity contribution in [3.8, 4) is 0 Å². The predicted octanol–water partition coefficient (Wildman–Crippen LogP) is 0.668. The molecular weight excluding hydrogens is 375 g/mol. The molecule has 10 heteroatoms. The Kier molecular flexibility index (Phi) is 5.14. The fourth-order valence-electron chi connectivity index (χ4n) is 3.36. The Morgan fingerprint density at radius 3 is 2.36 bits per heavy atom. The van der Waals surface area contributed by atoms with Crippen molar-refractivity contribution in [1.82, 2.24) is 9.55 Å². The van der Waals surface area contributed by atoms with Crippen molar-refractivity contribution in [1.29, 1.82) is 0 Å². The lowest BCUT2D eigenvalue weighted by molar-refractivity contribution is -0.174. The van der Waals surface area contributed by atoms with Gasteiger partial charge in [0, 0.05) is 6.42 Å². The lowest BCUT2D eigenvalue weighted by Crippen LogP contribution is -2.43. The number of hydrogen-bond donors (Lipinski definition) is 1.